The highest BCUT2D eigenvalue weighted by molar-refractivity contribution is 6.36. The lowest BCUT2D eigenvalue weighted by atomic mass is 10.0. The van der Waals surface area contributed by atoms with Crippen molar-refractivity contribution in [1.82, 2.24) is 0 Å². The van der Waals surface area contributed by atoms with Crippen molar-refractivity contribution in [3.63, 3.8) is 0 Å². The van der Waals surface area contributed by atoms with Gasteiger partial charge in [0.1, 0.15) is 13.1 Å². The molecule has 0 aliphatic carbocycles. The number of aliphatic imine (C=N–C) groups is 1. The van der Waals surface area contributed by atoms with E-state index >= 15 is 0 Å². The molecule has 0 aliphatic heterocycles. The summed E-state index contributed by atoms with van der Waals surface area (Å²) in [4.78, 5) is 4.15. The zero-order valence-electron chi connectivity index (χ0n) is 10.9. The first-order valence-electron chi connectivity index (χ1n) is 5.66. The minimum atomic E-state index is 0.465. The van der Waals surface area contributed by atoms with E-state index in [2.05, 4.69) is 61.7 Å². The van der Waals surface area contributed by atoms with Gasteiger partial charge in [-0.1, -0.05) is 18.2 Å². The molecule has 0 saturated heterocycles. The van der Waals surface area contributed by atoms with Crippen LogP contribution in [0.4, 0.5) is 0 Å². The summed E-state index contributed by atoms with van der Waals surface area (Å²) in [5, 5.41) is 0. The van der Waals surface area contributed by atoms with Gasteiger partial charge in [-0.15, -0.1) is 0 Å². The minimum absolute atomic E-state index is 0.465. The molecule has 0 N–H and O–H groups in total. The highest BCUT2D eigenvalue weighted by Gasteiger charge is 2.15. The lowest BCUT2D eigenvalue weighted by Crippen LogP contribution is -2.26. The fourth-order valence-electron chi connectivity index (χ4n) is 1.61. The van der Waals surface area contributed by atoms with Crippen molar-refractivity contribution in [2.24, 2.45) is 4.99 Å². The second kappa shape index (κ2) is 5.59. The Morgan fingerprint density at radius 2 is 1.94 bits per heavy atom. The third-order valence-electron chi connectivity index (χ3n) is 2.83. The van der Waals surface area contributed by atoms with Crippen LogP contribution in [0.3, 0.4) is 0 Å². The molecule has 86 valence electrons. The number of hydrogen-bond acceptors (Lipinski definition) is 1. The third-order valence-corrected chi connectivity index (χ3v) is 2.83. The summed E-state index contributed by atoms with van der Waals surface area (Å²) < 4.78 is 2.25. The first kappa shape index (κ1) is 12.6. The SMILES string of the molecule is CN=C/C(c1ccccc1C)=[N+](/C)C(C)C. The van der Waals surface area contributed by atoms with Crippen LogP contribution in [0.25, 0.3) is 0 Å². The van der Waals surface area contributed by atoms with Crippen LogP contribution in [-0.4, -0.2) is 36.6 Å². The third kappa shape index (κ3) is 2.78. The van der Waals surface area contributed by atoms with Crippen LogP contribution in [0.1, 0.15) is 25.0 Å². The lowest BCUT2D eigenvalue weighted by molar-refractivity contribution is -0.527. The van der Waals surface area contributed by atoms with Gasteiger partial charge in [-0.05, 0) is 32.4 Å². The van der Waals surface area contributed by atoms with Crippen molar-refractivity contribution in [2.75, 3.05) is 14.1 Å². The van der Waals surface area contributed by atoms with Crippen LogP contribution >= 0.6 is 0 Å². The van der Waals surface area contributed by atoms with Crippen LogP contribution in [0, 0.1) is 6.92 Å². The Hall–Kier alpha value is -1.44. The molecule has 1 rings (SSSR count). The summed E-state index contributed by atoms with van der Waals surface area (Å²) in [5.74, 6) is 0. The van der Waals surface area contributed by atoms with E-state index in [9.17, 15) is 0 Å². The van der Waals surface area contributed by atoms with E-state index in [0.29, 0.717) is 6.04 Å². The quantitative estimate of drug-likeness (QED) is 0.546. The van der Waals surface area contributed by atoms with Gasteiger partial charge in [-0.2, -0.15) is 0 Å². The molecule has 2 nitrogen and oxygen atoms in total. The lowest BCUT2D eigenvalue weighted by Gasteiger charge is -2.08. The molecular formula is C14H21N2+. The standard InChI is InChI=1S/C14H21N2/c1-11(2)16(5)14(10-15-4)13-9-7-6-8-12(13)3/h6-11H,1-5H3/q+1/b15-10?,16-14+. The van der Waals surface area contributed by atoms with Crippen LogP contribution in [0.2, 0.25) is 0 Å². The predicted molar refractivity (Wildman–Crippen MR) is 71.0 cm³/mol. The maximum atomic E-state index is 4.15. The number of rotatable bonds is 3. The van der Waals surface area contributed by atoms with Crippen molar-refractivity contribution in [3.05, 3.63) is 35.4 Å². The summed E-state index contributed by atoms with van der Waals surface area (Å²) in [6.45, 7) is 6.50. The zero-order valence-corrected chi connectivity index (χ0v) is 10.9. The van der Waals surface area contributed by atoms with Gasteiger partial charge in [0.25, 0.3) is 0 Å². The molecule has 1 aromatic rings. The molecule has 1 aromatic carbocycles. The smallest absolute Gasteiger partial charge is 0.225 e. The van der Waals surface area contributed by atoms with Crippen LogP contribution in [0.15, 0.2) is 29.3 Å². The molecule has 0 amide bonds. The second-order valence-electron chi connectivity index (χ2n) is 4.29. The molecule has 0 atom stereocenters. The predicted octanol–water partition coefficient (Wildman–Crippen LogP) is 2.54. The van der Waals surface area contributed by atoms with E-state index in [4.69, 9.17) is 0 Å². The van der Waals surface area contributed by atoms with E-state index in [-0.39, 0.29) is 0 Å². The number of nitrogens with zero attached hydrogens (tertiary/aromatic N) is 2. The van der Waals surface area contributed by atoms with Crippen molar-refractivity contribution in [3.8, 4) is 0 Å². The molecular weight excluding hydrogens is 196 g/mol. The average Bonchev–Trinajstić information content (AvgIpc) is 2.26. The Balaban J connectivity index is 3.35. The van der Waals surface area contributed by atoms with Gasteiger partial charge < -0.3 is 0 Å². The fraction of sp³-hybridized carbons (Fsp3) is 0.429. The molecule has 0 unspecified atom stereocenters. The van der Waals surface area contributed by atoms with Crippen molar-refractivity contribution >= 4 is 11.9 Å². The van der Waals surface area contributed by atoms with Crippen LogP contribution in [0.5, 0.6) is 0 Å². The Labute approximate surface area is 98.4 Å². The van der Waals surface area contributed by atoms with Crippen molar-refractivity contribution in [2.45, 2.75) is 26.8 Å². The first-order chi connectivity index (χ1) is 7.57. The molecule has 0 aromatic heterocycles. The Kier molecular flexibility index (Phi) is 4.41. The molecule has 0 aliphatic rings. The molecule has 0 radical (unpaired) electrons. The van der Waals surface area contributed by atoms with E-state index in [1.54, 1.807) is 0 Å². The van der Waals surface area contributed by atoms with Gasteiger partial charge in [-0.25, -0.2) is 4.58 Å². The van der Waals surface area contributed by atoms with E-state index in [0.717, 1.165) is 0 Å². The summed E-state index contributed by atoms with van der Waals surface area (Å²) in [5.41, 5.74) is 3.71. The van der Waals surface area contributed by atoms with Crippen molar-refractivity contribution in [1.29, 1.82) is 0 Å². The number of hydrogen-bond donors (Lipinski definition) is 0. The maximum Gasteiger partial charge on any atom is 0.225 e. The molecule has 0 spiro atoms. The second-order valence-corrected chi connectivity index (χ2v) is 4.29. The number of aryl methyl sites for hydroxylation is 1. The Bertz CT molecular complexity index is 414. The molecule has 0 fully saturated rings. The van der Waals surface area contributed by atoms with E-state index in [1.165, 1.54) is 16.8 Å². The number of benzene rings is 1. The van der Waals surface area contributed by atoms with Gasteiger partial charge in [0.05, 0.1) is 11.8 Å². The summed E-state index contributed by atoms with van der Waals surface area (Å²) in [6.07, 6.45) is 1.93. The Morgan fingerprint density at radius 3 is 2.44 bits per heavy atom. The highest BCUT2D eigenvalue weighted by atomic mass is 15.0. The Morgan fingerprint density at radius 1 is 1.31 bits per heavy atom. The van der Waals surface area contributed by atoms with Gasteiger partial charge in [-0.3, -0.25) is 4.99 Å². The molecule has 0 saturated carbocycles. The fourth-order valence-corrected chi connectivity index (χ4v) is 1.61. The average molecular weight is 217 g/mol. The largest absolute Gasteiger partial charge is 0.290 e. The van der Waals surface area contributed by atoms with Gasteiger partial charge in [0.15, 0.2) is 0 Å². The molecule has 0 heterocycles. The maximum absolute atomic E-state index is 4.15. The van der Waals surface area contributed by atoms with Crippen molar-refractivity contribution < 1.29 is 4.58 Å². The van der Waals surface area contributed by atoms with E-state index in [1.807, 2.05) is 13.3 Å². The van der Waals surface area contributed by atoms with Gasteiger partial charge in [0, 0.05) is 7.05 Å². The zero-order chi connectivity index (χ0) is 12.1. The summed E-state index contributed by atoms with van der Waals surface area (Å²) >= 11 is 0. The van der Waals surface area contributed by atoms with Gasteiger partial charge in [0.2, 0.25) is 5.71 Å². The molecule has 16 heavy (non-hydrogen) atoms. The minimum Gasteiger partial charge on any atom is -0.290 e. The first-order valence-corrected chi connectivity index (χ1v) is 5.66. The van der Waals surface area contributed by atoms with Gasteiger partial charge >= 0.3 is 0 Å². The van der Waals surface area contributed by atoms with E-state index < -0.39 is 0 Å². The van der Waals surface area contributed by atoms with Crippen LogP contribution in [-0.2, 0) is 0 Å². The molecule has 0 bridgehead atoms. The van der Waals surface area contributed by atoms with Crippen LogP contribution < -0.4 is 0 Å². The highest BCUT2D eigenvalue weighted by Crippen LogP contribution is 2.08. The summed E-state index contributed by atoms with van der Waals surface area (Å²) in [6, 6.07) is 8.88. The topological polar surface area (TPSA) is 15.4 Å². The molecule has 2 heteroatoms. The summed E-state index contributed by atoms with van der Waals surface area (Å²) in [7, 11) is 3.92. The monoisotopic (exact) mass is 217 g/mol. The normalized spacial score (nSPS) is 13.4.